The highest BCUT2D eigenvalue weighted by atomic mass is 19.1. The van der Waals surface area contributed by atoms with E-state index in [1.165, 1.54) is 12.1 Å². The number of imide groups is 1. The van der Waals surface area contributed by atoms with Gasteiger partial charge < -0.3 is 5.73 Å². The molecule has 0 saturated heterocycles. The minimum Gasteiger partial charge on any atom is -0.384 e. The van der Waals surface area contributed by atoms with Gasteiger partial charge in [-0.3, -0.25) is 24.3 Å². The van der Waals surface area contributed by atoms with E-state index < -0.39 is 23.2 Å². The van der Waals surface area contributed by atoms with Crippen LogP contribution >= 0.6 is 0 Å². The highest BCUT2D eigenvalue weighted by molar-refractivity contribution is 6.23. The summed E-state index contributed by atoms with van der Waals surface area (Å²) in [6.45, 7) is 0. The lowest BCUT2D eigenvalue weighted by Crippen LogP contribution is -2.24. The Labute approximate surface area is 128 Å². The number of halogens is 1. The fourth-order valence-electron chi connectivity index (χ4n) is 2.46. The molecule has 0 spiro atoms. The minimum absolute atomic E-state index is 0.0165. The van der Waals surface area contributed by atoms with Crippen LogP contribution in [-0.4, -0.2) is 16.4 Å². The number of nitrogen functional groups attached to an aromatic ring is 1. The van der Waals surface area contributed by atoms with E-state index in [2.05, 4.69) is 0 Å². The Morgan fingerprint density at radius 1 is 1.22 bits per heavy atom. The number of carbonyl (C=O) groups excluding carboxylic acids is 2. The van der Waals surface area contributed by atoms with E-state index in [-0.39, 0.29) is 29.1 Å². The van der Waals surface area contributed by atoms with E-state index in [0.717, 1.165) is 16.7 Å². The molecule has 1 aliphatic rings. The highest BCUT2D eigenvalue weighted by Crippen LogP contribution is 2.24. The van der Waals surface area contributed by atoms with Crippen molar-refractivity contribution in [2.24, 2.45) is 0 Å². The van der Waals surface area contributed by atoms with Crippen molar-refractivity contribution in [2.75, 3.05) is 5.73 Å². The number of nitrogens with two attached hydrogens (primary N) is 1. The van der Waals surface area contributed by atoms with Crippen LogP contribution in [0.2, 0.25) is 0 Å². The lowest BCUT2D eigenvalue weighted by atomic mass is 10.1. The Hall–Kier alpha value is -3.47. The van der Waals surface area contributed by atoms with E-state index in [0.29, 0.717) is 5.56 Å². The van der Waals surface area contributed by atoms with E-state index in [4.69, 9.17) is 11.0 Å². The Kier molecular flexibility index (Phi) is 3.19. The number of nitrogens with one attached hydrogen (secondary N) is 1. The zero-order chi connectivity index (χ0) is 16.7. The maximum absolute atomic E-state index is 14.3. The molecule has 1 aromatic heterocycles. The summed E-state index contributed by atoms with van der Waals surface area (Å²) in [5, 5.41) is 10.7. The largest absolute Gasteiger partial charge is 0.384 e. The van der Waals surface area contributed by atoms with Crippen LogP contribution < -0.4 is 16.6 Å². The van der Waals surface area contributed by atoms with Crippen molar-refractivity contribution in [1.82, 2.24) is 9.88 Å². The van der Waals surface area contributed by atoms with E-state index in [9.17, 15) is 18.8 Å². The number of amides is 2. The number of pyridine rings is 1. The number of nitriles is 1. The zero-order valence-corrected chi connectivity index (χ0v) is 11.6. The molecule has 7 nitrogen and oxygen atoms in total. The molecule has 2 aromatic rings. The van der Waals surface area contributed by atoms with Gasteiger partial charge in [0.2, 0.25) is 0 Å². The predicted molar refractivity (Wildman–Crippen MR) is 77.5 cm³/mol. The standard InChI is InChI=1S/C15H9FN4O3/c16-9-5-7(3-4-17)1-2-10(9)20-11(21)6-8-12(13(20)18)15(23)19-14(8)22/h1-2,5-6H,3,18H2,(H,19,22,23). The first kappa shape index (κ1) is 14.5. The summed E-state index contributed by atoms with van der Waals surface area (Å²) in [5.41, 5.74) is 5.07. The van der Waals surface area contributed by atoms with Gasteiger partial charge >= 0.3 is 0 Å². The monoisotopic (exact) mass is 312 g/mol. The summed E-state index contributed by atoms with van der Waals surface area (Å²) in [6, 6.07) is 6.71. The van der Waals surface area contributed by atoms with Crippen molar-refractivity contribution in [1.29, 1.82) is 5.26 Å². The van der Waals surface area contributed by atoms with Gasteiger partial charge in [-0.2, -0.15) is 5.26 Å². The van der Waals surface area contributed by atoms with Crippen LogP contribution in [0.5, 0.6) is 0 Å². The van der Waals surface area contributed by atoms with Crippen LogP contribution in [0.4, 0.5) is 10.2 Å². The van der Waals surface area contributed by atoms with Crippen molar-refractivity contribution in [3.05, 3.63) is 57.1 Å². The molecule has 1 aliphatic heterocycles. The Bertz CT molecular complexity index is 972. The second-order valence-corrected chi connectivity index (χ2v) is 4.90. The summed E-state index contributed by atoms with van der Waals surface area (Å²) in [5.74, 6) is -2.54. The smallest absolute Gasteiger partial charge is 0.262 e. The molecule has 2 amide bonds. The van der Waals surface area contributed by atoms with Crippen molar-refractivity contribution < 1.29 is 14.0 Å². The predicted octanol–water partition coefficient (Wildman–Crippen LogP) is 0.508. The van der Waals surface area contributed by atoms with Gasteiger partial charge in [0.1, 0.15) is 11.6 Å². The van der Waals surface area contributed by atoms with Gasteiger partial charge in [-0.1, -0.05) is 6.07 Å². The first-order chi connectivity index (χ1) is 10.9. The van der Waals surface area contributed by atoms with Crippen molar-refractivity contribution in [3.63, 3.8) is 0 Å². The molecule has 114 valence electrons. The van der Waals surface area contributed by atoms with Crippen LogP contribution in [0.3, 0.4) is 0 Å². The fraction of sp³-hybridized carbons (Fsp3) is 0.0667. The number of hydrogen-bond donors (Lipinski definition) is 2. The lowest BCUT2D eigenvalue weighted by molar-refractivity contribution is 0.0880. The third-order valence-corrected chi connectivity index (χ3v) is 3.49. The SMILES string of the molecule is N#CCc1ccc(-n2c(N)c3c(cc2=O)C(=O)NC3=O)c(F)c1. The zero-order valence-electron chi connectivity index (χ0n) is 11.6. The number of benzene rings is 1. The highest BCUT2D eigenvalue weighted by Gasteiger charge is 2.32. The molecule has 23 heavy (non-hydrogen) atoms. The summed E-state index contributed by atoms with van der Waals surface area (Å²) < 4.78 is 15.1. The maximum atomic E-state index is 14.3. The minimum atomic E-state index is -0.767. The molecule has 0 unspecified atom stereocenters. The Morgan fingerprint density at radius 2 is 1.96 bits per heavy atom. The van der Waals surface area contributed by atoms with Crippen molar-refractivity contribution in [3.8, 4) is 11.8 Å². The van der Waals surface area contributed by atoms with Gasteiger partial charge in [0, 0.05) is 6.07 Å². The molecular weight excluding hydrogens is 303 g/mol. The molecule has 3 N–H and O–H groups in total. The summed E-state index contributed by atoms with van der Waals surface area (Å²) in [4.78, 5) is 35.5. The quantitative estimate of drug-likeness (QED) is 0.783. The van der Waals surface area contributed by atoms with Gasteiger partial charge in [-0.25, -0.2) is 4.39 Å². The number of aromatic nitrogens is 1. The van der Waals surface area contributed by atoms with Gasteiger partial charge in [-0.15, -0.1) is 0 Å². The molecule has 1 aromatic carbocycles. The second-order valence-electron chi connectivity index (χ2n) is 4.90. The topological polar surface area (TPSA) is 118 Å². The van der Waals surface area contributed by atoms with E-state index in [1.807, 2.05) is 11.4 Å². The first-order valence-corrected chi connectivity index (χ1v) is 6.51. The third kappa shape index (κ3) is 2.15. The maximum Gasteiger partial charge on any atom is 0.262 e. The molecule has 0 bridgehead atoms. The van der Waals surface area contributed by atoms with Crippen LogP contribution in [0.25, 0.3) is 5.69 Å². The number of rotatable bonds is 2. The lowest BCUT2D eigenvalue weighted by Gasteiger charge is -2.13. The van der Waals surface area contributed by atoms with Crippen LogP contribution in [0.15, 0.2) is 29.1 Å². The molecular formula is C15H9FN4O3. The summed E-state index contributed by atoms with van der Waals surface area (Å²) >= 11 is 0. The van der Waals surface area contributed by atoms with Gasteiger partial charge in [0.15, 0.2) is 0 Å². The number of hydrogen-bond acceptors (Lipinski definition) is 5. The Morgan fingerprint density at radius 3 is 2.61 bits per heavy atom. The average molecular weight is 312 g/mol. The van der Waals surface area contributed by atoms with Gasteiger partial charge in [-0.05, 0) is 17.7 Å². The summed E-state index contributed by atoms with van der Waals surface area (Å²) in [7, 11) is 0. The Balaban J connectivity index is 2.25. The normalized spacial score (nSPS) is 12.7. The van der Waals surface area contributed by atoms with Crippen molar-refractivity contribution in [2.45, 2.75) is 6.42 Å². The molecule has 0 fully saturated rings. The van der Waals surface area contributed by atoms with Crippen molar-refractivity contribution >= 4 is 17.6 Å². The van der Waals surface area contributed by atoms with E-state index >= 15 is 0 Å². The van der Waals surface area contributed by atoms with Gasteiger partial charge in [0.25, 0.3) is 17.4 Å². The number of carbonyl (C=O) groups is 2. The molecule has 0 saturated carbocycles. The molecule has 0 radical (unpaired) electrons. The number of anilines is 1. The number of nitrogens with zero attached hydrogens (tertiary/aromatic N) is 2. The van der Waals surface area contributed by atoms with Gasteiger partial charge in [0.05, 0.1) is 29.3 Å². The van der Waals surface area contributed by atoms with Crippen LogP contribution in [0, 0.1) is 17.1 Å². The van der Waals surface area contributed by atoms with E-state index in [1.54, 1.807) is 0 Å². The molecule has 0 atom stereocenters. The van der Waals surface area contributed by atoms with Crippen LogP contribution in [0.1, 0.15) is 26.3 Å². The molecule has 2 heterocycles. The molecule has 8 heteroatoms. The third-order valence-electron chi connectivity index (χ3n) is 3.49. The fourth-order valence-corrected chi connectivity index (χ4v) is 2.46. The second kappa shape index (κ2) is 5.06. The number of fused-ring (bicyclic) bond motifs is 1. The molecule has 0 aliphatic carbocycles. The van der Waals surface area contributed by atoms with Crippen LogP contribution in [-0.2, 0) is 6.42 Å². The summed E-state index contributed by atoms with van der Waals surface area (Å²) in [6.07, 6.45) is 0.0165. The molecule has 3 rings (SSSR count). The first-order valence-electron chi connectivity index (χ1n) is 6.51. The average Bonchev–Trinajstić information content (AvgIpc) is 2.76.